The molecule has 1 aromatic carbocycles. The van der Waals surface area contributed by atoms with E-state index in [-0.39, 0.29) is 5.54 Å². The van der Waals surface area contributed by atoms with Crippen molar-refractivity contribution in [3.05, 3.63) is 18.2 Å². The highest BCUT2D eigenvalue weighted by Crippen LogP contribution is 2.41. The van der Waals surface area contributed by atoms with Crippen LogP contribution in [0.3, 0.4) is 0 Å². The summed E-state index contributed by atoms with van der Waals surface area (Å²) in [5, 5.41) is 0. The molecule has 0 atom stereocenters. The molecule has 0 amide bonds. The summed E-state index contributed by atoms with van der Waals surface area (Å²) < 4.78 is 11.1. The summed E-state index contributed by atoms with van der Waals surface area (Å²) in [6, 6.07) is 6.23. The van der Waals surface area contributed by atoms with E-state index < -0.39 is 0 Å². The molecular weight excluding hydrogens is 218 g/mol. The van der Waals surface area contributed by atoms with Crippen LogP contribution in [0, 0.1) is 0 Å². The predicted molar refractivity (Wildman–Crippen MR) is 63.9 cm³/mol. The van der Waals surface area contributed by atoms with E-state index in [1.807, 2.05) is 18.2 Å². The van der Waals surface area contributed by atoms with Crippen molar-refractivity contribution in [2.75, 3.05) is 30.4 Å². The van der Waals surface area contributed by atoms with Gasteiger partial charge in [-0.2, -0.15) is 4.98 Å². The van der Waals surface area contributed by atoms with Crippen LogP contribution in [0.4, 0.5) is 11.7 Å². The Bertz CT molecular complexity index is 583. The average Bonchev–Trinajstić information content (AvgIpc) is 2.55. The van der Waals surface area contributed by atoms with Gasteiger partial charge in [0, 0.05) is 12.2 Å². The highest BCUT2D eigenvalue weighted by Gasteiger charge is 2.52. The number of nitrogens with two attached hydrogens (primary N) is 1. The molecule has 4 rings (SSSR count). The average molecular weight is 231 g/mol. The molecule has 1 aromatic heterocycles. The first-order valence-electron chi connectivity index (χ1n) is 5.78. The first-order valence-corrected chi connectivity index (χ1v) is 5.78. The molecule has 2 aliphatic rings. The van der Waals surface area contributed by atoms with Gasteiger partial charge in [0.15, 0.2) is 5.58 Å². The molecule has 88 valence electrons. The number of hydrogen-bond acceptors (Lipinski definition) is 5. The SMILES string of the molecule is Nc1ccc2oc(N3CCC34COC4)nc2c1. The number of rotatable bonds is 1. The molecule has 0 bridgehead atoms. The van der Waals surface area contributed by atoms with E-state index in [1.165, 1.54) is 0 Å². The lowest BCUT2D eigenvalue weighted by molar-refractivity contribution is -0.0870. The zero-order chi connectivity index (χ0) is 11.5. The van der Waals surface area contributed by atoms with Gasteiger partial charge in [-0.1, -0.05) is 0 Å². The normalized spacial score (nSPS) is 21.5. The molecule has 17 heavy (non-hydrogen) atoms. The quantitative estimate of drug-likeness (QED) is 0.751. The van der Waals surface area contributed by atoms with Crippen LogP contribution in [0.1, 0.15) is 6.42 Å². The molecule has 2 N–H and O–H groups in total. The third-order valence-electron chi connectivity index (χ3n) is 3.75. The van der Waals surface area contributed by atoms with Gasteiger partial charge < -0.3 is 19.8 Å². The number of aromatic nitrogens is 1. The molecule has 1 spiro atoms. The second-order valence-electron chi connectivity index (χ2n) is 4.84. The monoisotopic (exact) mass is 231 g/mol. The lowest BCUT2D eigenvalue weighted by Gasteiger charge is -2.56. The molecule has 2 aromatic rings. The van der Waals surface area contributed by atoms with Gasteiger partial charge in [-0.05, 0) is 24.6 Å². The van der Waals surface area contributed by atoms with Crippen molar-refractivity contribution >= 4 is 22.8 Å². The summed E-state index contributed by atoms with van der Waals surface area (Å²) in [5.41, 5.74) is 8.21. The number of anilines is 2. The van der Waals surface area contributed by atoms with Crippen LogP contribution in [0.5, 0.6) is 0 Å². The summed E-state index contributed by atoms with van der Waals surface area (Å²) in [6.45, 7) is 2.56. The minimum absolute atomic E-state index is 0.159. The lowest BCUT2D eigenvalue weighted by atomic mass is 9.83. The maximum atomic E-state index is 5.76. The second kappa shape index (κ2) is 2.92. The fourth-order valence-electron chi connectivity index (χ4n) is 2.52. The van der Waals surface area contributed by atoms with Crippen LogP contribution in [0.15, 0.2) is 22.6 Å². The van der Waals surface area contributed by atoms with Gasteiger partial charge in [-0.15, -0.1) is 0 Å². The van der Waals surface area contributed by atoms with Gasteiger partial charge in [-0.25, -0.2) is 0 Å². The van der Waals surface area contributed by atoms with E-state index in [9.17, 15) is 0 Å². The van der Waals surface area contributed by atoms with Crippen molar-refractivity contribution < 1.29 is 9.15 Å². The molecule has 3 heterocycles. The Morgan fingerprint density at radius 1 is 1.35 bits per heavy atom. The van der Waals surface area contributed by atoms with E-state index >= 15 is 0 Å². The Hall–Kier alpha value is -1.75. The van der Waals surface area contributed by atoms with Crippen LogP contribution in [-0.4, -0.2) is 30.3 Å². The van der Waals surface area contributed by atoms with Crippen LogP contribution < -0.4 is 10.6 Å². The minimum atomic E-state index is 0.159. The molecule has 2 aliphatic heterocycles. The maximum Gasteiger partial charge on any atom is 0.299 e. The predicted octanol–water partition coefficient (Wildman–Crippen LogP) is 1.39. The summed E-state index contributed by atoms with van der Waals surface area (Å²) in [6.07, 6.45) is 1.16. The zero-order valence-electron chi connectivity index (χ0n) is 9.35. The fourth-order valence-corrected chi connectivity index (χ4v) is 2.52. The highest BCUT2D eigenvalue weighted by atomic mass is 16.5. The number of nitrogens with zero attached hydrogens (tertiary/aromatic N) is 2. The van der Waals surface area contributed by atoms with E-state index in [0.29, 0.717) is 11.7 Å². The standard InChI is InChI=1S/C12H13N3O2/c13-8-1-2-10-9(5-8)14-11(17-10)15-4-3-12(15)6-16-7-12/h1-2,5H,3-4,6-7,13H2. The van der Waals surface area contributed by atoms with E-state index in [1.54, 1.807) is 0 Å². The highest BCUT2D eigenvalue weighted by molar-refractivity contribution is 5.78. The van der Waals surface area contributed by atoms with Gasteiger partial charge in [0.05, 0.1) is 18.8 Å². The maximum absolute atomic E-state index is 5.76. The smallest absolute Gasteiger partial charge is 0.299 e. The molecule has 2 fully saturated rings. The van der Waals surface area contributed by atoms with Crippen molar-refractivity contribution in [1.82, 2.24) is 4.98 Å². The Labute approximate surface area is 98.2 Å². The Morgan fingerprint density at radius 2 is 2.24 bits per heavy atom. The van der Waals surface area contributed by atoms with Crippen LogP contribution in [0.2, 0.25) is 0 Å². The van der Waals surface area contributed by atoms with Crippen LogP contribution in [0.25, 0.3) is 11.1 Å². The second-order valence-corrected chi connectivity index (χ2v) is 4.84. The Balaban J connectivity index is 1.76. The summed E-state index contributed by atoms with van der Waals surface area (Å²) >= 11 is 0. The fraction of sp³-hybridized carbons (Fsp3) is 0.417. The third kappa shape index (κ3) is 1.14. The summed E-state index contributed by atoms with van der Waals surface area (Å²) in [7, 11) is 0. The topological polar surface area (TPSA) is 64.5 Å². The molecule has 0 saturated carbocycles. The van der Waals surface area contributed by atoms with E-state index in [4.69, 9.17) is 14.9 Å². The van der Waals surface area contributed by atoms with Crippen molar-refractivity contribution in [2.24, 2.45) is 0 Å². The Morgan fingerprint density at radius 3 is 2.88 bits per heavy atom. The van der Waals surface area contributed by atoms with E-state index in [0.717, 1.165) is 37.3 Å². The number of hydrogen-bond donors (Lipinski definition) is 1. The minimum Gasteiger partial charge on any atom is -0.423 e. The number of nitrogen functional groups attached to an aromatic ring is 1. The molecule has 2 saturated heterocycles. The first kappa shape index (κ1) is 9.30. The van der Waals surface area contributed by atoms with Gasteiger partial charge in [0.25, 0.3) is 6.01 Å². The molecule has 0 radical (unpaired) electrons. The molecule has 5 nitrogen and oxygen atoms in total. The third-order valence-corrected chi connectivity index (χ3v) is 3.75. The number of ether oxygens (including phenoxy) is 1. The molecule has 0 aliphatic carbocycles. The van der Waals surface area contributed by atoms with Crippen molar-refractivity contribution in [3.8, 4) is 0 Å². The van der Waals surface area contributed by atoms with Gasteiger partial charge >= 0.3 is 0 Å². The number of oxazole rings is 1. The summed E-state index contributed by atoms with van der Waals surface area (Å²) in [5.74, 6) is 0. The largest absolute Gasteiger partial charge is 0.423 e. The van der Waals surface area contributed by atoms with Crippen LogP contribution >= 0.6 is 0 Å². The molecular formula is C12H13N3O2. The molecule has 5 heteroatoms. The lowest BCUT2D eigenvalue weighted by Crippen LogP contribution is -2.71. The summed E-state index contributed by atoms with van der Waals surface area (Å²) in [4.78, 5) is 6.70. The van der Waals surface area contributed by atoms with Crippen molar-refractivity contribution in [1.29, 1.82) is 0 Å². The van der Waals surface area contributed by atoms with E-state index in [2.05, 4.69) is 9.88 Å². The zero-order valence-corrected chi connectivity index (χ0v) is 9.35. The number of benzene rings is 1. The van der Waals surface area contributed by atoms with Crippen molar-refractivity contribution in [3.63, 3.8) is 0 Å². The molecule has 0 unspecified atom stereocenters. The van der Waals surface area contributed by atoms with Gasteiger partial charge in [0.1, 0.15) is 5.52 Å². The van der Waals surface area contributed by atoms with Crippen LogP contribution in [-0.2, 0) is 4.74 Å². The Kier molecular flexibility index (Phi) is 1.60. The first-order chi connectivity index (χ1) is 8.27. The van der Waals surface area contributed by atoms with Gasteiger partial charge in [-0.3, -0.25) is 0 Å². The van der Waals surface area contributed by atoms with Gasteiger partial charge in [0.2, 0.25) is 0 Å². The number of fused-ring (bicyclic) bond motifs is 1. The van der Waals surface area contributed by atoms with Crippen molar-refractivity contribution in [2.45, 2.75) is 12.0 Å².